The van der Waals surface area contributed by atoms with E-state index in [1.54, 1.807) is 10.8 Å². The highest BCUT2D eigenvalue weighted by molar-refractivity contribution is 5.71. The van der Waals surface area contributed by atoms with Crippen LogP contribution in [0.25, 0.3) is 11.2 Å². The molecule has 3 aromatic rings. The zero-order valence-corrected chi connectivity index (χ0v) is 13.4. The molecule has 0 saturated carbocycles. The van der Waals surface area contributed by atoms with E-state index in [1.165, 1.54) is 6.33 Å². The first-order valence-corrected chi connectivity index (χ1v) is 8.05. The van der Waals surface area contributed by atoms with Gasteiger partial charge in [0.15, 0.2) is 5.65 Å². The third-order valence-electron chi connectivity index (χ3n) is 4.21. The lowest BCUT2D eigenvalue weighted by Gasteiger charge is -2.16. The van der Waals surface area contributed by atoms with E-state index in [0.717, 1.165) is 5.56 Å². The highest BCUT2D eigenvalue weighted by atomic mass is 16.6. The van der Waals surface area contributed by atoms with Gasteiger partial charge in [-0.3, -0.25) is 4.57 Å². The average molecular weight is 342 g/mol. The maximum atomic E-state index is 10.0. The number of rotatable bonds is 5. The van der Waals surface area contributed by atoms with Crippen LogP contribution < -0.4 is 4.74 Å². The van der Waals surface area contributed by atoms with Gasteiger partial charge in [-0.05, 0) is 5.56 Å². The zero-order chi connectivity index (χ0) is 17.2. The smallest absolute Gasteiger partial charge is 0.301 e. The first-order chi connectivity index (χ1) is 12.3. The molecule has 8 nitrogen and oxygen atoms in total. The predicted molar refractivity (Wildman–Crippen MR) is 87.7 cm³/mol. The van der Waals surface area contributed by atoms with Crippen molar-refractivity contribution in [3.63, 3.8) is 0 Å². The molecule has 0 amide bonds. The van der Waals surface area contributed by atoms with Gasteiger partial charge in [0.1, 0.15) is 30.8 Å². The quantitative estimate of drug-likeness (QED) is 0.714. The Hall–Kier alpha value is -2.55. The van der Waals surface area contributed by atoms with E-state index in [2.05, 4.69) is 15.0 Å². The highest BCUT2D eigenvalue weighted by Crippen LogP contribution is 2.34. The number of hydrogen-bond donors (Lipinski definition) is 2. The van der Waals surface area contributed by atoms with Crippen LogP contribution in [0, 0.1) is 0 Å². The predicted octanol–water partition coefficient (Wildman–Crippen LogP) is 1.05. The Kier molecular flexibility index (Phi) is 4.31. The summed E-state index contributed by atoms with van der Waals surface area (Å²) < 4.78 is 13.3. The molecule has 3 atom stereocenters. The number of aliphatic hydroxyl groups excluding tert-OH is 2. The van der Waals surface area contributed by atoms with Crippen molar-refractivity contribution >= 4 is 11.2 Å². The molecule has 25 heavy (non-hydrogen) atoms. The fraction of sp³-hybridized carbons (Fsp3) is 0.353. The molecule has 2 aromatic heterocycles. The molecule has 0 unspecified atom stereocenters. The van der Waals surface area contributed by atoms with Gasteiger partial charge in [0.25, 0.3) is 0 Å². The van der Waals surface area contributed by atoms with Crippen molar-refractivity contribution in [2.45, 2.75) is 31.5 Å². The maximum absolute atomic E-state index is 10.0. The lowest BCUT2D eigenvalue weighted by atomic mass is 10.2. The van der Waals surface area contributed by atoms with Gasteiger partial charge in [-0.2, -0.15) is 4.98 Å². The van der Waals surface area contributed by atoms with Crippen molar-refractivity contribution in [1.29, 1.82) is 0 Å². The summed E-state index contributed by atoms with van der Waals surface area (Å²) >= 11 is 0. The number of nitrogens with zero attached hydrogens (tertiary/aromatic N) is 4. The normalized spacial score (nSPS) is 23.2. The van der Waals surface area contributed by atoms with Gasteiger partial charge in [-0.15, -0.1) is 0 Å². The van der Waals surface area contributed by atoms with E-state index < -0.39 is 18.4 Å². The van der Waals surface area contributed by atoms with Crippen LogP contribution in [0.1, 0.15) is 18.2 Å². The number of aliphatic hydroxyl groups is 2. The van der Waals surface area contributed by atoms with Crippen molar-refractivity contribution in [1.82, 2.24) is 19.5 Å². The molecule has 1 fully saturated rings. The molecule has 130 valence electrons. The van der Waals surface area contributed by atoms with Crippen LogP contribution in [0.3, 0.4) is 0 Å². The fourth-order valence-electron chi connectivity index (χ4n) is 2.95. The fourth-order valence-corrected chi connectivity index (χ4v) is 2.95. The molecule has 4 rings (SSSR count). The lowest BCUT2D eigenvalue weighted by Crippen LogP contribution is -2.24. The molecule has 1 aliphatic rings. The van der Waals surface area contributed by atoms with E-state index >= 15 is 0 Å². The molecule has 0 radical (unpaired) electrons. The van der Waals surface area contributed by atoms with Crippen molar-refractivity contribution in [3.8, 4) is 6.01 Å². The van der Waals surface area contributed by atoms with Crippen LogP contribution in [0.2, 0.25) is 0 Å². The molecule has 1 aliphatic heterocycles. The largest absolute Gasteiger partial charge is 0.460 e. The van der Waals surface area contributed by atoms with Crippen LogP contribution in [-0.4, -0.2) is 48.5 Å². The van der Waals surface area contributed by atoms with Crippen molar-refractivity contribution in [2.75, 3.05) is 6.61 Å². The minimum atomic E-state index is -0.753. The van der Waals surface area contributed by atoms with E-state index in [9.17, 15) is 10.2 Å². The van der Waals surface area contributed by atoms with Gasteiger partial charge >= 0.3 is 6.01 Å². The van der Waals surface area contributed by atoms with Crippen molar-refractivity contribution in [3.05, 3.63) is 48.4 Å². The molecular weight excluding hydrogens is 324 g/mol. The van der Waals surface area contributed by atoms with E-state index in [-0.39, 0.29) is 6.61 Å². The monoisotopic (exact) mass is 342 g/mol. The van der Waals surface area contributed by atoms with Gasteiger partial charge in [0.2, 0.25) is 0 Å². The number of benzene rings is 1. The second-order valence-electron chi connectivity index (χ2n) is 5.89. The molecule has 3 heterocycles. The Labute approximate surface area is 143 Å². The standard InChI is InChI=1S/C17H18N4O4/c22-8-14-13(23)6-15(25-14)21-16-12(7-18-10-19-16)20-17(21)24-9-11-4-2-1-3-5-11/h1-5,7,10,13-15,22-23H,6,8-9H2/t13-,14+,15+/m0/s1. The Morgan fingerprint density at radius 1 is 1.28 bits per heavy atom. The van der Waals surface area contributed by atoms with Crippen molar-refractivity contribution < 1.29 is 19.7 Å². The number of imidazole rings is 1. The molecule has 1 aromatic carbocycles. The van der Waals surface area contributed by atoms with E-state index in [0.29, 0.717) is 30.2 Å². The Balaban J connectivity index is 1.66. The number of aromatic nitrogens is 4. The summed E-state index contributed by atoms with van der Waals surface area (Å²) in [6.07, 6.45) is 1.45. The average Bonchev–Trinajstić information content (AvgIpc) is 3.20. The van der Waals surface area contributed by atoms with Crippen LogP contribution in [-0.2, 0) is 11.3 Å². The Morgan fingerprint density at radius 3 is 2.88 bits per heavy atom. The molecule has 2 N–H and O–H groups in total. The van der Waals surface area contributed by atoms with Crippen LogP contribution >= 0.6 is 0 Å². The van der Waals surface area contributed by atoms with Gasteiger partial charge in [0.05, 0.1) is 18.9 Å². The Morgan fingerprint density at radius 2 is 2.12 bits per heavy atom. The first kappa shape index (κ1) is 15.9. The van der Waals surface area contributed by atoms with E-state index in [4.69, 9.17) is 9.47 Å². The minimum Gasteiger partial charge on any atom is -0.460 e. The summed E-state index contributed by atoms with van der Waals surface area (Å²) in [4.78, 5) is 12.7. The molecule has 0 spiro atoms. The third-order valence-corrected chi connectivity index (χ3v) is 4.21. The summed E-state index contributed by atoms with van der Waals surface area (Å²) in [5.74, 6) is 0. The summed E-state index contributed by atoms with van der Waals surface area (Å²) in [5.41, 5.74) is 2.15. The van der Waals surface area contributed by atoms with Crippen LogP contribution in [0.15, 0.2) is 42.9 Å². The molecule has 1 saturated heterocycles. The van der Waals surface area contributed by atoms with Gasteiger partial charge < -0.3 is 19.7 Å². The summed E-state index contributed by atoms with van der Waals surface area (Å²) in [6.45, 7) is 0.0930. The lowest BCUT2D eigenvalue weighted by molar-refractivity contribution is -0.0456. The van der Waals surface area contributed by atoms with Crippen LogP contribution in [0.5, 0.6) is 6.01 Å². The number of ether oxygens (including phenoxy) is 2. The second kappa shape index (κ2) is 6.75. The van der Waals surface area contributed by atoms with Gasteiger partial charge in [-0.25, -0.2) is 9.97 Å². The number of fused-ring (bicyclic) bond motifs is 1. The van der Waals surface area contributed by atoms with E-state index in [1.807, 2.05) is 30.3 Å². The number of hydrogen-bond acceptors (Lipinski definition) is 7. The van der Waals surface area contributed by atoms with Gasteiger partial charge in [-0.1, -0.05) is 30.3 Å². The van der Waals surface area contributed by atoms with Crippen molar-refractivity contribution in [2.24, 2.45) is 0 Å². The summed E-state index contributed by atoms with van der Waals surface area (Å²) in [5, 5.41) is 19.4. The topological polar surface area (TPSA) is 103 Å². The van der Waals surface area contributed by atoms with Gasteiger partial charge in [0, 0.05) is 6.42 Å². The molecule has 8 heteroatoms. The maximum Gasteiger partial charge on any atom is 0.301 e. The van der Waals surface area contributed by atoms with Crippen LogP contribution in [0.4, 0.5) is 0 Å². The summed E-state index contributed by atoms with van der Waals surface area (Å²) in [7, 11) is 0. The first-order valence-electron chi connectivity index (χ1n) is 8.05. The third kappa shape index (κ3) is 3.07. The highest BCUT2D eigenvalue weighted by Gasteiger charge is 2.37. The molecule has 0 aliphatic carbocycles. The Bertz CT molecular complexity index is 854. The second-order valence-corrected chi connectivity index (χ2v) is 5.89. The molecule has 0 bridgehead atoms. The zero-order valence-electron chi connectivity index (χ0n) is 13.4. The molecular formula is C17H18N4O4. The minimum absolute atomic E-state index is 0.251. The SMILES string of the molecule is OC[C@H]1O[C@@H](n2c(OCc3ccccc3)nc3cncnc32)C[C@@H]1O. The summed E-state index contributed by atoms with van der Waals surface area (Å²) in [6, 6.07) is 10.1.